The number of fused-ring (bicyclic) bond motifs is 2. The van der Waals surface area contributed by atoms with Crippen LogP contribution in [0.2, 0.25) is 0 Å². The summed E-state index contributed by atoms with van der Waals surface area (Å²) < 4.78 is 18.9. The molecule has 7 nitrogen and oxygen atoms in total. The van der Waals surface area contributed by atoms with Gasteiger partial charge in [0.2, 0.25) is 5.91 Å². The van der Waals surface area contributed by atoms with Crippen LogP contribution in [-0.4, -0.2) is 47.1 Å². The van der Waals surface area contributed by atoms with Crippen molar-refractivity contribution in [3.8, 4) is 0 Å². The standard InChI is InChI=1S/C19H19FN4O3/c20-12-3-5-13(6-4-12)23-19(26)24-10-15-8-16(17(11-24)27-15)18(25)22-14-2-1-7-21-9-14/h1-7,9,15-17H,8,10-11H2,(H,22,25)(H,23,26). The lowest BCUT2D eigenvalue weighted by atomic mass is 9.99. The fraction of sp³-hybridized carbons (Fsp3) is 0.316. The van der Waals surface area contributed by atoms with Crippen molar-refractivity contribution in [2.75, 3.05) is 23.7 Å². The van der Waals surface area contributed by atoms with E-state index in [0.29, 0.717) is 30.9 Å². The van der Waals surface area contributed by atoms with Crippen LogP contribution in [0.5, 0.6) is 0 Å². The molecule has 2 bridgehead atoms. The van der Waals surface area contributed by atoms with Gasteiger partial charge in [-0.15, -0.1) is 0 Å². The summed E-state index contributed by atoms with van der Waals surface area (Å²) in [5.74, 6) is -0.810. The van der Waals surface area contributed by atoms with Gasteiger partial charge in [-0.1, -0.05) is 0 Å². The molecule has 1 aromatic heterocycles. The van der Waals surface area contributed by atoms with E-state index in [0.717, 1.165) is 0 Å². The number of urea groups is 1. The number of hydrogen-bond donors (Lipinski definition) is 2. The van der Waals surface area contributed by atoms with Crippen LogP contribution in [-0.2, 0) is 9.53 Å². The lowest BCUT2D eigenvalue weighted by Gasteiger charge is -2.32. The minimum atomic E-state index is -0.361. The maximum absolute atomic E-state index is 13.0. The van der Waals surface area contributed by atoms with E-state index >= 15 is 0 Å². The number of rotatable bonds is 3. The number of carbonyl (C=O) groups is 2. The SMILES string of the molecule is O=C(Nc1cccnc1)C1CC2CN(C(=O)Nc3ccc(F)cc3)CC1O2. The van der Waals surface area contributed by atoms with Crippen LogP contribution in [0.15, 0.2) is 48.8 Å². The molecular weight excluding hydrogens is 351 g/mol. The minimum absolute atomic E-state index is 0.128. The van der Waals surface area contributed by atoms with E-state index in [1.54, 1.807) is 29.4 Å². The zero-order valence-corrected chi connectivity index (χ0v) is 14.5. The normalized spacial score (nSPS) is 23.7. The molecule has 3 atom stereocenters. The highest BCUT2D eigenvalue weighted by Gasteiger charge is 2.45. The maximum atomic E-state index is 13.0. The highest BCUT2D eigenvalue weighted by atomic mass is 19.1. The van der Waals surface area contributed by atoms with Gasteiger partial charge < -0.3 is 20.3 Å². The first-order chi connectivity index (χ1) is 13.1. The number of nitrogens with one attached hydrogen (secondary N) is 2. The lowest BCUT2D eigenvalue weighted by Crippen LogP contribution is -2.49. The molecule has 1 aromatic carbocycles. The van der Waals surface area contributed by atoms with Crippen molar-refractivity contribution >= 4 is 23.3 Å². The van der Waals surface area contributed by atoms with Gasteiger partial charge in [-0.25, -0.2) is 9.18 Å². The number of aromatic nitrogens is 1. The topological polar surface area (TPSA) is 83.6 Å². The zero-order chi connectivity index (χ0) is 18.8. The smallest absolute Gasteiger partial charge is 0.322 e. The molecule has 140 valence electrons. The van der Waals surface area contributed by atoms with Gasteiger partial charge in [0.25, 0.3) is 0 Å². The molecule has 0 saturated carbocycles. The van der Waals surface area contributed by atoms with Gasteiger partial charge in [0.15, 0.2) is 0 Å². The Labute approximate surface area is 155 Å². The number of halogens is 1. The molecule has 0 radical (unpaired) electrons. The highest BCUT2D eigenvalue weighted by molar-refractivity contribution is 5.93. The van der Waals surface area contributed by atoms with Crippen LogP contribution >= 0.6 is 0 Å². The number of nitrogens with zero attached hydrogens (tertiary/aromatic N) is 2. The molecule has 27 heavy (non-hydrogen) atoms. The summed E-state index contributed by atoms with van der Waals surface area (Å²) in [6.07, 6.45) is 3.27. The van der Waals surface area contributed by atoms with E-state index in [1.807, 2.05) is 0 Å². The molecule has 2 fully saturated rings. The van der Waals surface area contributed by atoms with Crippen LogP contribution in [0.1, 0.15) is 6.42 Å². The first-order valence-corrected chi connectivity index (χ1v) is 8.76. The van der Waals surface area contributed by atoms with Gasteiger partial charge in [-0.05, 0) is 42.8 Å². The second kappa shape index (κ2) is 7.32. The van der Waals surface area contributed by atoms with Crippen molar-refractivity contribution in [3.05, 3.63) is 54.6 Å². The van der Waals surface area contributed by atoms with Gasteiger partial charge in [-0.2, -0.15) is 0 Å². The number of pyridine rings is 1. The van der Waals surface area contributed by atoms with Crippen LogP contribution in [0.4, 0.5) is 20.6 Å². The summed E-state index contributed by atoms with van der Waals surface area (Å²) in [5, 5.41) is 5.60. The third-order valence-electron chi connectivity index (χ3n) is 4.81. The molecule has 8 heteroatoms. The van der Waals surface area contributed by atoms with Gasteiger partial charge in [0, 0.05) is 25.0 Å². The molecule has 3 unspecified atom stereocenters. The van der Waals surface area contributed by atoms with E-state index in [1.165, 1.54) is 24.3 Å². The predicted molar refractivity (Wildman–Crippen MR) is 96.6 cm³/mol. The largest absolute Gasteiger partial charge is 0.370 e. The van der Waals surface area contributed by atoms with Crippen LogP contribution < -0.4 is 10.6 Å². The third kappa shape index (κ3) is 3.90. The summed E-state index contributed by atoms with van der Waals surface area (Å²) in [6.45, 7) is 0.745. The van der Waals surface area contributed by atoms with Gasteiger partial charge >= 0.3 is 6.03 Å². The molecule has 2 aliphatic rings. The minimum Gasteiger partial charge on any atom is -0.370 e. The highest BCUT2D eigenvalue weighted by Crippen LogP contribution is 2.33. The number of benzene rings is 1. The van der Waals surface area contributed by atoms with Crippen molar-refractivity contribution in [2.45, 2.75) is 18.6 Å². The van der Waals surface area contributed by atoms with E-state index in [-0.39, 0.29) is 35.9 Å². The van der Waals surface area contributed by atoms with E-state index in [4.69, 9.17) is 4.74 Å². The Morgan fingerprint density at radius 3 is 2.67 bits per heavy atom. The van der Waals surface area contributed by atoms with Crippen LogP contribution in [0.25, 0.3) is 0 Å². The number of hydrogen-bond acceptors (Lipinski definition) is 4. The van der Waals surface area contributed by atoms with Crippen LogP contribution in [0, 0.1) is 11.7 Å². The molecule has 0 aliphatic carbocycles. The molecule has 2 aliphatic heterocycles. The third-order valence-corrected chi connectivity index (χ3v) is 4.81. The van der Waals surface area contributed by atoms with Crippen molar-refractivity contribution in [2.24, 2.45) is 5.92 Å². The first kappa shape index (κ1) is 17.4. The Kier molecular flexibility index (Phi) is 4.72. The molecule has 3 amide bonds. The molecule has 0 spiro atoms. The average molecular weight is 370 g/mol. The maximum Gasteiger partial charge on any atom is 0.322 e. The molecule has 4 rings (SSSR count). The predicted octanol–water partition coefficient (Wildman–Crippen LogP) is 2.48. The van der Waals surface area contributed by atoms with Crippen molar-refractivity contribution < 1.29 is 18.7 Å². The number of ether oxygens (including phenoxy) is 1. The van der Waals surface area contributed by atoms with E-state index in [2.05, 4.69) is 15.6 Å². The Hall–Kier alpha value is -3.00. The van der Waals surface area contributed by atoms with Gasteiger partial charge in [0.1, 0.15) is 5.82 Å². The Bertz CT molecular complexity index is 831. The quantitative estimate of drug-likeness (QED) is 0.870. The Morgan fingerprint density at radius 1 is 1.11 bits per heavy atom. The summed E-state index contributed by atoms with van der Waals surface area (Å²) in [7, 11) is 0. The fourth-order valence-electron chi connectivity index (χ4n) is 3.51. The Morgan fingerprint density at radius 2 is 1.93 bits per heavy atom. The summed E-state index contributed by atoms with van der Waals surface area (Å²) in [5.41, 5.74) is 1.15. The monoisotopic (exact) mass is 370 g/mol. The zero-order valence-electron chi connectivity index (χ0n) is 14.5. The molecule has 2 saturated heterocycles. The van der Waals surface area contributed by atoms with E-state index in [9.17, 15) is 14.0 Å². The Balaban J connectivity index is 1.37. The van der Waals surface area contributed by atoms with E-state index < -0.39 is 0 Å². The summed E-state index contributed by atoms with van der Waals surface area (Å²) in [6, 6.07) is 8.83. The average Bonchev–Trinajstić information content (AvgIpc) is 2.98. The number of carbonyl (C=O) groups excluding carboxylic acids is 2. The molecule has 2 aromatic rings. The number of anilines is 2. The first-order valence-electron chi connectivity index (χ1n) is 8.76. The molecule has 2 N–H and O–H groups in total. The number of amides is 3. The lowest BCUT2D eigenvalue weighted by molar-refractivity contribution is -0.122. The number of likely N-dealkylation sites (tertiary alicyclic amines) is 1. The fourth-order valence-corrected chi connectivity index (χ4v) is 3.51. The molecular formula is C19H19FN4O3. The second-order valence-electron chi connectivity index (χ2n) is 6.71. The van der Waals surface area contributed by atoms with Crippen molar-refractivity contribution in [1.29, 1.82) is 0 Å². The second-order valence-corrected chi connectivity index (χ2v) is 6.71. The van der Waals surface area contributed by atoms with Gasteiger partial charge in [0.05, 0.1) is 30.0 Å². The molecule has 3 heterocycles. The van der Waals surface area contributed by atoms with Crippen molar-refractivity contribution in [3.63, 3.8) is 0 Å². The van der Waals surface area contributed by atoms with Crippen LogP contribution in [0.3, 0.4) is 0 Å². The number of morpholine rings is 1. The van der Waals surface area contributed by atoms with Crippen molar-refractivity contribution in [1.82, 2.24) is 9.88 Å². The summed E-state index contributed by atoms with van der Waals surface area (Å²) in [4.78, 5) is 30.7. The summed E-state index contributed by atoms with van der Waals surface area (Å²) >= 11 is 0. The van der Waals surface area contributed by atoms with Gasteiger partial charge in [-0.3, -0.25) is 9.78 Å².